The third-order valence-corrected chi connectivity index (χ3v) is 3.83. The number of benzene rings is 1. The Labute approximate surface area is 114 Å². The van der Waals surface area contributed by atoms with Crippen molar-refractivity contribution < 1.29 is 14.7 Å². The lowest BCUT2D eigenvalue weighted by molar-refractivity contribution is -0.138. The molecule has 1 amide bonds. The zero-order chi connectivity index (χ0) is 13.1. The Bertz CT molecular complexity index is 475. The molecule has 2 rings (SSSR count). The highest BCUT2D eigenvalue weighted by Gasteiger charge is 2.28. The van der Waals surface area contributed by atoms with Crippen LogP contribution in [0.1, 0.15) is 23.2 Å². The fraction of sp³-hybridized carbons (Fsp3) is 0.385. The topological polar surface area (TPSA) is 57.6 Å². The van der Waals surface area contributed by atoms with E-state index in [1.165, 1.54) is 0 Å². The molecule has 18 heavy (non-hydrogen) atoms. The minimum Gasteiger partial charge on any atom is -0.481 e. The largest absolute Gasteiger partial charge is 0.481 e. The van der Waals surface area contributed by atoms with Crippen LogP contribution in [0.15, 0.2) is 28.7 Å². The second-order valence-corrected chi connectivity index (χ2v) is 5.34. The molecule has 0 radical (unpaired) electrons. The van der Waals surface area contributed by atoms with Gasteiger partial charge >= 0.3 is 5.97 Å². The fourth-order valence-corrected chi connectivity index (χ4v) is 2.69. The molecule has 1 aliphatic rings. The number of carbonyl (C=O) groups is 2. The summed E-state index contributed by atoms with van der Waals surface area (Å²) in [5, 5.41) is 8.75. The number of halogens is 1. The van der Waals surface area contributed by atoms with Crippen molar-refractivity contribution in [2.45, 2.75) is 12.8 Å². The Balaban J connectivity index is 2.04. The minimum atomic E-state index is -0.796. The first-order valence-electron chi connectivity index (χ1n) is 5.83. The Hall–Kier alpha value is -1.36. The van der Waals surface area contributed by atoms with Crippen molar-refractivity contribution in [3.05, 3.63) is 34.3 Å². The molecular formula is C13H14BrNO3. The van der Waals surface area contributed by atoms with Gasteiger partial charge in [-0.3, -0.25) is 9.59 Å². The van der Waals surface area contributed by atoms with Gasteiger partial charge in [0.25, 0.3) is 5.91 Å². The lowest BCUT2D eigenvalue weighted by Crippen LogP contribution is -2.29. The molecule has 1 saturated heterocycles. The first kappa shape index (κ1) is 13.1. The molecule has 1 atom stereocenters. The van der Waals surface area contributed by atoms with E-state index < -0.39 is 5.97 Å². The maximum Gasteiger partial charge on any atom is 0.303 e. The molecule has 0 aromatic heterocycles. The summed E-state index contributed by atoms with van der Waals surface area (Å²) in [5.74, 6) is -0.750. The van der Waals surface area contributed by atoms with Crippen LogP contribution in [0.3, 0.4) is 0 Å². The van der Waals surface area contributed by atoms with Gasteiger partial charge in [0.2, 0.25) is 0 Å². The van der Waals surface area contributed by atoms with Crippen LogP contribution < -0.4 is 0 Å². The van der Waals surface area contributed by atoms with Crippen LogP contribution in [-0.2, 0) is 4.79 Å². The Morgan fingerprint density at radius 1 is 1.39 bits per heavy atom. The zero-order valence-corrected chi connectivity index (χ0v) is 11.4. The van der Waals surface area contributed by atoms with E-state index in [-0.39, 0.29) is 18.2 Å². The van der Waals surface area contributed by atoms with E-state index in [4.69, 9.17) is 5.11 Å². The SMILES string of the molecule is O=C(O)CC1CCN(C(=O)c2ccccc2Br)C1. The van der Waals surface area contributed by atoms with Crippen molar-refractivity contribution in [3.63, 3.8) is 0 Å². The number of carbonyl (C=O) groups excluding carboxylic acids is 1. The van der Waals surface area contributed by atoms with Crippen LogP contribution in [0.25, 0.3) is 0 Å². The number of hydrogen-bond acceptors (Lipinski definition) is 2. The van der Waals surface area contributed by atoms with E-state index in [1.54, 1.807) is 11.0 Å². The minimum absolute atomic E-state index is 0.0321. The molecule has 0 bridgehead atoms. The molecule has 0 aliphatic carbocycles. The van der Waals surface area contributed by atoms with E-state index in [1.807, 2.05) is 18.2 Å². The monoisotopic (exact) mass is 311 g/mol. The van der Waals surface area contributed by atoms with Crippen molar-refractivity contribution in [1.29, 1.82) is 0 Å². The summed E-state index contributed by atoms with van der Waals surface area (Å²) >= 11 is 3.36. The Morgan fingerprint density at radius 3 is 2.78 bits per heavy atom. The first-order valence-corrected chi connectivity index (χ1v) is 6.63. The van der Waals surface area contributed by atoms with Crippen molar-refractivity contribution >= 4 is 27.8 Å². The number of aliphatic carboxylic acids is 1. The number of carboxylic acids is 1. The van der Waals surface area contributed by atoms with E-state index >= 15 is 0 Å². The lowest BCUT2D eigenvalue weighted by atomic mass is 10.1. The third-order valence-electron chi connectivity index (χ3n) is 3.14. The standard InChI is InChI=1S/C13H14BrNO3/c14-11-4-2-1-3-10(11)13(18)15-6-5-9(8-15)7-12(16)17/h1-4,9H,5-8H2,(H,16,17). The predicted molar refractivity (Wildman–Crippen MR) is 70.4 cm³/mol. The van der Waals surface area contributed by atoms with Crippen LogP contribution in [0.5, 0.6) is 0 Å². The number of rotatable bonds is 3. The van der Waals surface area contributed by atoms with Crippen molar-refractivity contribution in [2.24, 2.45) is 5.92 Å². The first-order chi connectivity index (χ1) is 8.58. The second-order valence-electron chi connectivity index (χ2n) is 4.48. The zero-order valence-electron chi connectivity index (χ0n) is 9.80. The predicted octanol–water partition coefficient (Wildman–Crippen LogP) is 2.39. The van der Waals surface area contributed by atoms with E-state index in [2.05, 4.69) is 15.9 Å². The van der Waals surface area contributed by atoms with Crippen LogP contribution in [0.2, 0.25) is 0 Å². The highest BCUT2D eigenvalue weighted by atomic mass is 79.9. The highest BCUT2D eigenvalue weighted by molar-refractivity contribution is 9.10. The highest BCUT2D eigenvalue weighted by Crippen LogP contribution is 2.24. The van der Waals surface area contributed by atoms with Gasteiger partial charge in [0, 0.05) is 24.0 Å². The molecule has 0 spiro atoms. The molecule has 5 heteroatoms. The number of nitrogens with zero attached hydrogens (tertiary/aromatic N) is 1. The summed E-state index contributed by atoms with van der Waals surface area (Å²) in [7, 11) is 0. The van der Waals surface area contributed by atoms with Crippen molar-refractivity contribution in [2.75, 3.05) is 13.1 Å². The molecule has 1 fully saturated rings. The van der Waals surface area contributed by atoms with Gasteiger partial charge in [-0.15, -0.1) is 0 Å². The van der Waals surface area contributed by atoms with Gasteiger partial charge in [-0.1, -0.05) is 12.1 Å². The average Bonchev–Trinajstić information content (AvgIpc) is 2.76. The lowest BCUT2D eigenvalue weighted by Gasteiger charge is -2.17. The van der Waals surface area contributed by atoms with Gasteiger partial charge in [0.05, 0.1) is 5.56 Å². The number of amides is 1. The van der Waals surface area contributed by atoms with Gasteiger partial charge in [0.15, 0.2) is 0 Å². The molecule has 96 valence electrons. The quantitative estimate of drug-likeness (QED) is 0.932. The summed E-state index contributed by atoms with van der Waals surface area (Å²) in [4.78, 5) is 24.6. The molecule has 1 aliphatic heterocycles. The summed E-state index contributed by atoms with van der Waals surface area (Å²) in [5.41, 5.74) is 0.633. The average molecular weight is 312 g/mol. The molecular weight excluding hydrogens is 298 g/mol. The van der Waals surface area contributed by atoms with E-state index in [0.29, 0.717) is 18.7 Å². The van der Waals surface area contributed by atoms with Crippen molar-refractivity contribution in [3.8, 4) is 0 Å². The van der Waals surface area contributed by atoms with Gasteiger partial charge in [-0.25, -0.2) is 0 Å². The maximum atomic E-state index is 12.2. The normalized spacial score (nSPS) is 18.9. The third kappa shape index (κ3) is 2.90. The second kappa shape index (κ2) is 5.52. The number of carboxylic acid groups (broad SMARTS) is 1. The molecule has 0 saturated carbocycles. The van der Waals surface area contributed by atoms with Crippen LogP contribution in [0.4, 0.5) is 0 Å². The van der Waals surface area contributed by atoms with Crippen LogP contribution in [-0.4, -0.2) is 35.0 Å². The molecule has 1 heterocycles. The van der Waals surface area contributed by atoms with Gasteiger partial charge < -0.3 is 10.0 Å². The molecule has 4 nitrogen and oxygen atoms in total. The summed E-state index contributed by atoms with van der Waals surface area (Å²) in [6, 6.07) is 7.29. The van der Waals surface area contributed by atoms with Crippen LogP contribution >= 0.6 is 15.9 Å². The number of hydrogen-bond donors (Lipinski definition) is 1. The molecule has 1 aromatic carbocycles. The smallest absolute Gasteiger partial charge is 0.303 e. The van der Waals surface area contributed by atoms with Gasteiger partial charge in [-0.2, -0.15) is 0 Å². The summed E-state index contributed by atoms with van der Waals surface area (Å²) < 4.78 is 0.775. The van der Waals surface area contributed by atoms with Crippen molar-refractivity contribution in [1.82, 2.24) is 4.90 Å². The van der Waals surface area contributed by atoms with Crippen LogP contribution in [0, 0.1) is 5.92 Å². The Morgan fingerprint density at radius 2 is 2.11 bits per heavy atom. The fourth-order valence-electron chi connectivity index (χ4n) is 2.24. The Kier molecular flexibility index (Phi) is 4.01. The van der Waals surface area contributed by atoms with E-state index in [0.717, 1.165) is 10.9 Å². The van der Waals surface area contributed by atoms with Gasteiger partial charge in [0.1, 0.15) is 0 Å². The summed E-state index contributed by atoms with van der Waals surface area (Å²) in [6.45, 7) is 1.17. The van der Waals surface area contributed by atoms with Gasteiger partial charge in [-0.05, 0) is 40.4 Å². The maximum absolute atomic E-state index is 12.2. The number of likely N-dealkylation sites (tertiary alicyclic amines) is 1. The van der Waals surface area contributed by atoms with E-state index in [9.17, 15) is 9.59 Å². The summed E-state index contributed by atoms with van der Waals surface area (Å²) in [6.07, 6.45) is 0.905. The molecule has 1 N–H and O–H groups in total. The molecule has 1 aromatic rings. The molecule has 1 unspecified atom stereocenters.